The van der Waals surface area contributed by atoms with Crippen LogP contribution < -0.4 is 16.0 Å². The fourth-order valence-corrected chi connectivity index (χ4v) is 2.54. The second kappa shape index (κ2) is 6.39. The van der Waals surface area contributed by atoms with Gasteiger partial charge in [0, 0.05) is 10.0 Å². The van der Waals surface area contributed by atoms with Crippen molar-refractivity contribution in [3.63, 3.8) is 0 Å². The Labute approximate surface area is 128 Å². The molecule has 0 saturated heterocycles. The summed E-state index contributed by atoms with van der Waals surface area (Å²) in [4.78, 5) is 0. The first-order valence-corrected chi connectivity index (χ1v) is 7.23. The second-order valence-electron chi connectivity index (χ2n) is 4.85. The molecule has 0 aliphatic heterocycles. The molecular formula is C16H19BrN2O. The van der Waals surface area contributed by atoms with Crippen LogP contribution in [0.15, 0.2) is 40.9 Å². The quantitative estimate of drug-likeness (QED) is 0.663. The number of nitrogens with one attached hydrogen (secondary N) is 1. The van der Waals surface area contributed by atoms with Gasteiger partial charge < -0.3 is 4.74 Å². The number of hydrazine groups is 1. The van der Waals surface area contributed by atoms with Gasteiger partial charge in [0.05, 0.1) is 13.2 Å². The summed E-state index contributed by atoms with van der Waals surface area (Å²) >= 11 is 3.52. The van der Waals surface area contributed by atoms with Gasteiger partial charge in [0.1, 0.15) is 5.75 Å². The fourth-order valence-electron chi connectivity index (χ4n) is 2.29. The van der Waals surface area contributed by atoms with E-state index in [-0.39, 0.29) is 6.04 Å². The predicted molar refractivity (Wildman–Crippen MR) is 85.8 cm³/mol. The van der Waals surface area contributed by atoms with Gasteiger partial charge in [0.25, 0.3) is 0 Å². The van der Waals surface area contributed by atoms with Gasteiger partial charge in [-0.3, -0.25) is 5.84 Å². The molecule has 0 heterocycles. The zero-order valence-electron chi connectivity index (χ0n) is 11.9. The summed E-state index contributed by atoms with van der Waals surface area (Å²) in [6, 6.07) is 12.2. The Morgan fingerprint density at radius 2 is 1.90 bits per heavy atom. The zero-order valence-corrected chi connectivity index (χ0v) is 13.5. The maximum atomic E-state index is 5.78. The number of aryl methyl sites for hydroxylation is 2. The number of hydrogen-bond donors (Lipinski definition) is 2. The van der Waals surface area contributed by atoms with E-state index in [1.54, 1.807) is 7.11 Å². The lowest BCUT2D eigenvalue weighted by Crippen LogP contribution is -2.29. The molecule has 3 N–H and O–H groups in total. The molecule has 0 radical (unpaired) electrons. The molecule has 20 heavy (non-hydrogen) atoms. The van der Waals surface area contributed by atoms with Gasteiger partial charge in [-0.15, -0.1) is 0 Å². The standard InChI is InChI=1S/C16H19BrN2O/c1-10-4-7-15(20-3)13(8-10)16(19-18)12-5-6-14(17)11(2)9-12/h4-9,16,19H,18H2,1-3H3. The number of methoxy groups -OCH3 is 1. The number of nitrogens with two attached hydrogens (primary N) is 1. The van der Waals surface area contributed by atoms with E-state index in [0.717, 1.165) is 21.3 Å². The van der Waals surface area contributed by atoms with Gasteiger partial charge in [0.15, 0.2) is 0 Å². The summed E-state index contributed by atoms with van der Waals surface area (Å²) in [7, 11) is 1.68. The topological polar surface area (TPSA) is 47.3 Å². The summed E-state index contributed by atoms with van der Waals surface area (Å²) < 4.78 is 6.54. The van der Waals surface area contributed by atoms with E-state index in [9.17, 15) is 0 Å². The maximum absolute atomic E-state index is 5.78. The van der Waals surface area contributed by atoms with Crippen LogP contribution in [-0.2, 0) is 0 Å². The van der Waals surface area contributed by atoms with Gasteiger partial charge in [-0.1, -0.05) is 45.8 Å². The van der Waals surface area contributed by atoms with Crippen LogP contribution >= 0.6 is 15.9 Å². The molecule has 3 nitrogen and oxygen atoms in total. The molecule has 0 saturated carbocycles. The Balaban J connectivity index is 2.51. The lowest BCUT2D eigenvalue weighted by atomic mass is 9.96. The summed E-state index contributed by atoms with van der Waals surface area (Å²) in [5, 5.41) is 0. The lowest BCUT2D eigenvalue weighted by molar-refractivity contribution is 0.404. The summed E-state index contributed by atoms with van der Waals surface area (Å²) in [6.07, 6.45) is 0. The largest absolute Gasteiger partial charge is 0.496 e. The average molecular weight is 335 g/mol. The highest BCUT2D eigenvalue weighted by Crippen LogP contribution is 2.31. The monoisotopic (exact) mass is 334 g/mol. The molecule has 0 fully saturated rings. The first-order chi connectivity index (χ1) is 9.56. The van der Waals surface area contributed by atoms with Crippen LogP contribution in [0.4, 0.5) is 0 Å². The molecule has 2 rings (SSSR count). The Bertz CT molecular complexity index is 613. The fraction of sp³-hybridized carbons (Fsp3) is 0.250. The Kier molecular flexibility index (Phi) is 4.81. The van der Waals surface area contributed by atoms with E-state index in [1.165, 1.54) is 11.1 Å². The van der Waals surface area contributed by atoms with Crippen molar-refractivity contribution in [1.82, 2.24) is 5.43 Å². The molecule has 106 valence electrons. The molecule has 1 atom stereocenters. The van der Waals surface area contributed by atoms with Gasteiger partial charge in [-0.2, -0.15) is 0 Å². The van der Waals surface area contributed by atoms with Crippen LogP contribution in [0, 0.1) is 13.8 Å². The van der Waals surface area contributed by atoms with E-state index >= 15 is 0 Å². The zero-order chi connectivity index (χ0) is 14.7. The first kappa shape index (κ1) is 15.0. The Hall–Kier alpha value is -1.36. The van der Waals surface area contributed by atoms with Crippen molar-refractivity contribution in [2.45, 2.75) is 19.9 Å². The molecule has 0 aliphatic carbocycles. The van der Waals surface area contributed by atoms with E-state index in [2.05, 4.69) is 53.4 Å². The van der Waals surface area contributed by atoms with Crippen molar-refractivity contribution in [1.29, 1.82) is 0 Å². The highest BCUT2D eigenvalue weighted by Gasteiger charge is 2.17. The summed E-state index contributed by atoms with van der Waals surface area (Å²) in [5.41, 5.74) is 7.39. The van der Waals surface area contributed by atoms with Gasteiger partial charge in [0.2, 0.25) is 0 Å². The van der Waals surface area contributed by atoms with Crippen LogP contribution in [0.1, 0.15) is 28.3 Å². The molecule has 0 bridgehead atoms. The van der Waals surface area contributed by atoms with Crippen LogP contribution in [0.25, 0.3) is 0 Å². The van der Waals surface area contributed by atoms with E-state index in [0.29, 0.717) is 0 Å². The molecule has 0 aliphatic rings. The SMILES string of the molecule is COc1ccc(C)cc1C(NN)c1ccc(Br)c(C)c1. The molecule has 2 aromatic carbocycles. The van der Waals surface area contributed by atoms with Crippen molar-refractivity contribution in [3.8, 4) is 5.75 Å². The highest BCUT2D eigenvalue weighted by molar-refractivity contribution is 9.10. The highest BCUT2D eigenvalue weighted by atomic mass is 79.9. The number of rotatable bonds is 4. The van der Waals surface area contributed by atoms with Crippen molar-refractivity contribution in [3.05, 3.63) is 63.1 Å². The molecular weight excluding hydrogens is 316 g/mol. The minimum absolute atomic E-state index is 0.100. The first-order valence-electron chi connectivity index (χ1n) is 6.43. The minimum Gasteiger partial charge on any atom is -0.496 e. The van der Waals surface area contributed by atoms with Crippen LogP contribution in [0.3, 0.4) is 0 Å². The van der Waals surface area contributed by atoms with Gasteiger partial charge in [-0.05, 0) is 37.1 Å². The third kappa shape index (κ3) is 3.03. The van der Waals surface area contributed by atoms with Crippen LogP contribution in [-0.4, -0.2) is 7.11 Å². The Morgan fingerprint density at radius 3 is 2.50 bits per heavy atom. The third-order valence-corrected chi connectivity index (χ3v) is 4.27. The molecule has 0 amide bonds. The van der Waals surface area contributed by atoms with Crippen LogP contribution in [0.2, 0.25) is 0 Å². The second-order valence-corrected chi connectivity index (χ2v) is 5.71. The van der Waals surface area contributed by atoms with Gasteiger partial charge in [-0.25, -0.2) is 5.43 Å². The smallest absolute Gasteiger partial charge is 0.124 e. The van der Waals surface area contributed by atoms with Crippen molar-refractivity contribution in [2.24, 2.45) is 5.84 Å². The molecule has 2 aromatic rings. The minimum atomic E-state index is -0.100. The van der Waals surface area contributed by atoms with E-state index in [1.807, 2.05) is 18.2 Å². The third-order valence-electron chi connectivity index (χ3n) is 3.38. The molecule has 0 spiro atoms. The molecule has 0 aromatic heterocycles. The van der Waals surface area contributed by atoms with E-state index < -0.39 is 0 Å². The summed E-state index contributed by atoms with van der Waals surface area (Å²) in [5.74, 6) is 6.61. The predicted octanol–water partition coefficient (Wildman–Crippen LogP) is 3.63. The maximum Gasteiger partial charge on any atom is 0.124 e. The number of halogens is 1. The molecule has 4 heteroatoms. The average Bonchev–Trinajstić information content (AvgIpc) is 2.44. The number of benzene rings is 2. The van der Waals surface area contributed by atoms with Crippen molar-refractivity contribution in [2.75, 3.05) is 7.11 Å². The molecule has 1 unspecified atom stereocenters. The summed E-state index contributed by atoms with van der Waals surface area (Å²) in [6.45, 7) is 4.12. The van der Waals surface area contributed by atoms with E-state index in [4.69, 9.17) is 10.6 Å². The van der Waals surface area contributed by atoms with Crippen molar-refractivity contribution < 1.29 is 4.74 Å². The van der Waals surface area contributed by atoms with Gasteiger partial charge >= 0.3 is 0 Å². The normalized spacial score (nSPS) is 12.2. The number of ether oxygens (including phenoxy) is 1. The number of hydrogen-bond acceptors (Lipinski definition) is 3. The lowest BCUT2D eigenvalue weighted by Gasteiger charge is -2.21. The van der Waals surface area contributed by atoms with Crippen LogP contribution in [0.5, 0.6) is 5.75 Å². The van der Waals surface area contributed by atoms with Crippen molar-refractivity contribution >= 4 is 15.9 Å². The Morgan fingerprint density at radius 1 is 1.15 bits per heavy atom.